The molecule has 1 aromatic carbocycles. The second-order valence-electron chi connectivity index (χ2n) is 9.31. The van der Waals surface area contributed by atoms with Crippen LogP contribution in [-0.2, 0) is 19.8 Å². The van der Waals surface area contributed by atoms with Crippen LogP contribution in [0.1, 0.15) is 18.9 Å². The molecule has 1 fully saturated rings. The zero-order valence-electron chi connectivity index (χ0n) is 18.2. The molecule has 0 unspecified atom stereocenters. The molecule has 3 rings (SSSR count). The molecule has 1 saturated carbocycles. The SMILES string of the molecule is C[C@]1(c2cc(N)ccc2F)N=C(OC(=O)NCOCC[Si](C)(C)C)S[C@@]2(C(N)=O)C[C@H]21. The maximum Gasteiger partial charge on any atom is 0.416 e. The van der Waals surface area contributed by atoms with Crippen LogP contribution in [0.15, 0.2) is 23.2 Å². The maximum atomic E-state index is 14.6. The number of primary amides is 1. The van der Waals surface area contributed by atoms with E-state index < -0.39 is 36.2 Å². The van der Waals surface area contributed by atoms with Crippen LogP contribution in [0.5, 0.6) is 0 Å². The molecular formula is C20H29FN4O4SSi. The molecule has 1 aliphatic heterocycles. The zero-order valence-corrected chi connectivity index (χ0v) is 20.0. The summed E-state index contributed by atoms with van der Waals surface area (Å²) >= 11 is 1.00. The number of fused-ring (bicyclic) bond motifs is 1. The number of carbonyl (C=O) groups excluding carboxylic acids is 2. The largest absolute Gasteiger partial charge is 0.416 e. The van der Waals surface area contributed by atoms with Gasteiger partial charge in [-0.15, -0.1) is 0 Å². The number of alkyl carbamates (subject to hydrolysis) is 1. The van der Waals surface area contributed by atoms with E-state index in [2.05, 4.69) is 30.0 Å². The van der Waals surface area contributed by atoms with Crippen molar-refractivity contribution in [1.29, 1.82) is 0 Å². The first-order valence-corrected chi connectivity index (χ1v) is 14.6. The summed E-state index contributed by atoms with van der Waals surface area (Å²) in [5.74, 6) is -1.39. The van der Waals surface area contributed by atoms with E-state index >= 15 is 0 Å². The van der Waals surface area contributed by atoms with Crippen molar-refractivity contribution >= 4 is 42.8 Å². The van der Waals surface area contributed by atoms with Gasteiger partial charge in [-0.3, -0.25) is 10.1 Å². The van der Waals surface area contributed by atoms with Crippen LogP contribution in [0.25, 0.3) is 0 Å². The summed E-state index contributed by atoms with van der Waals surface area (Å²) in [6.07, 6.45) is -0.372. The summed E-state index contributed by atoms with van der Waals surface area (Å²) < 4.78 is 24.4. The summed E-state index contributed by atoms with van der Waals surface area (Å²) in [5.41, 5.74) is 10.9. The molecule has 5 N–H and O–H groups in total. The minimum Gasteiger partial charge on any atom is -0.399 e. The third kappa shape index (κ3) is 5.04. The Hall–Kier alpha value is -2.11. The highest BCUT2D eigenvalue weighted by atomic mass is 32.2. The highest BCUT2D eigenvalue weighted by Gasteiger charge is 2.70. The summed E-state index contributed by atoms with van der Waals surface area (Å²) in [6.45, 7) is 8.93. The number of benzene rings is 1. The molecule has 0 saturated heterocycles. The Kier molecular flexibility index (Phi) is 6.41. The van der Waals surface area contributed by atoms with Gasteiger partial charge < -0.3 is 20.9 Å². The number of ether oxygens (including phenoxy) is 2. The summed E-state index contributed by atoms with van der Waals surface area (Å²) in [6, 6.07) is 5.17. The first-order valence-electron chi connectivity index (χ1n) is 10.0. The van der Waals surface area contributed by atoms with Crippen molar-refractivity contribution in [3.05, 3.63) is 29.6 Å². The van der Waals surface area contributed by atoms with Gasteiger partial charge in [0.1, 0.15) is 17.3 Å². The Labute approximate surface area is 186 Å². The monoisotopic (exact) mass is 468 g/mol. The van der Waals surface area contributed by atoms with Gasteiger partial charge in [-0.1, -0.05) is 19.6 Å². The number of thioether (sulfide) groups is 1. The minimum atomic E-state index is -1.22. The first-order chi connectivity index (χ1) is 14.4. The van der Waals surface area contributed by atoms with Crippen LogP contribution in [0.2, 0.25) is 25.7 Å². The fraction of sp³-hybridized carbons (Fsp3) is 0.550. The fourth-order valence-corrected chi connectivity index (χ4v) is 5.82. The molecule has 1 aliphatic carbocycles. The van der Waals surface area contributed by atoms with Gasteiger partial charge in [-0.05, 0) is 49.3 Å². The van der Waals surface area contributed by atoms with E-state index in [4.69, 9.17) is 20.9 Å². The summed E-state index contributed by atoms with van der Waals surface area (Å²) in [4.78, 5) is 28.9. The topological polar surface area (TPSA) is 129 Å². The Morgan fingerprint density at radius 2 is 2.10 bits per heavy atom. The van der Waals surface area contributed by atoms with Crippen LogP contribution >= 0.6 is 11.8 Å². The second-order valence-corrected chi connectivity index (χ2v) is 16.2. The normalized spacial score (nSPS) is 27.1. The predicted molar refractivity (Wildman–Crippen MR) is 122 cm³/mol. The van der Waals surface area contributed by atoms with Gasteiger partial charge in [0, 0.05) is 31.8 Å². The number of nitrogen functional groups attached to an aromatic ring is 1. The Morgan fingerprint density at radius 1 is 1.39 bits per heavy atom. The van der Waals surface area contributed by atoms with Crippen molar-refractivity contribution in [2.24, 2.45) is 16.6 Å². The number of amides is 2. The molecule has 8 nitrogen and oxygen atoms in total. The molecule has 11 heteroatoms. The van der Waals surface area contributed by atoms with Gasteiger partial charge in [0.15, 0.2) is 0 Å². The lowest BCUT2D eigenvalue weighted by molar-refractivity contribution is -0.118. The van der Waals surface area contributed by atoms with Crippen LogP contribution in [0.4, 0.5) is 14.9 Å². The third-order valence-corrected chi connectivity index (χ3v) is 8.70. The number of hydrogen-bond donors (Lipinski definition) is 3. The third-order valence-electron chi connectivity index (χ3n) is 5.63. The maximum absolute atomic E-state index is 14.6. The lowest BCUT2D eigenvalue weighted by Gasteiger charge is -2.33. The van der Waals surface area contributed by atoms with Gasteiger partial charge in [0.25, 0.3) is 5.23 Å². The summed E-state index contributed by atoms with van der Waals surface area (Å²) in [7, 11) is -1.22. The van der Waals surface area contributed by atoms with Gasteiger partial charge in [-0.25, -0.2) is 14.2 Å². The smallest absolute Gasteiger partial charge is 0.399 e. The molecule has 170 valence electrons. The van der Waals surface area contributed by atoms with Gasteiger partial charge in [0.05, 0.1) is 5.54 Å². The standard InChI is InChI=1S/C20H29FN4O4SSi/c1-19(13-9-12(22)5-6-14(13)21)15-10-20(15,16(23)26)30-18(25-19)29-17(27)24-11-28-7-8-31(2,3)4/h5-6,9,15H,7-8,10-11,22H2,1-4H3,(H2,23,26)(H,24,27)/t15-,19+,20-/m0/s1. The number of nitrogens with one attached hydrogen (secondary N) is 1. The number of aliphatic imine (C=N–C) groups is 1. The molecule has 0 spiro atoms. The van der Waals surface area contributed by atoms with Gasteiger partial charge in [-0.2, -0.15) is 0 Å². The molecule has 1 aromatic rings. The number of anilines is 1. The molecule has 3 atom stereocenters. The molecule has 0 radical (unpaired) electrons. The highest BCUT2D eigenvalue weighted by Crippen LogP contribution is 2.66. The second kappa shape index (κ2) is 8.44. The molecular weight excluding hydrogens is 439 g/mol. The predicted octanol–water partition coefficient (Wildman–Crippen LogP) is 3.01. The Morgan fingerprint density at radius 3 is 2.74 bits per heavy atom. The molecule has 0 aromatic heterocycles. The molecule has 1 heterocycles. The van der Waals surface area contributed by atoms with E-state index in [1.54, 1.807) is 6.92 Å². The van der Waals surface area contributed by atoms with Crippen LogP contribution < -0.4 is 16.8 Å². The van der Waals surface area contributed by atoms with Crippen molar-refractivity contribution < 1.29 is 23.5 Å². The van der Waals surface area contributed by atoms with E-state index in [0.29, 0.717) is 18.7 Å². The molecule has 2 aliphatic rings. The average molecular weight is 469 g/mol. The van der Waals surface area contributed by atoms with E-state index in [1.165, 1.54) is 18.2 Å². The van der Waals surface area contributed by atoms with Crippen molar-refractivity contribution in [1.82, 2.24) is 5.32 Å². The van der Waals surface area contributed by atoms with Crippen LogP contribution in [-0.4, -0.2) is 43.4 Å². The van der Waals surface area contributed by atoms with E-state index in [0.717, 1.165) is 17.8 Å². The Balaban J connectivity index is 1.73. The van der Waals surface area contributed by atoms with Crippen LogP contribution in [0.3, 0.4) is 0 Å². The first kappa shape index (κ1) is 23.5. The lowest BCUT2D eigenvalue weighted by Crippen LogP contribution is -2.42. The Bertz CT molecular complexity index is 925. The number of halogens is 1. The van der Waals surface area contributed by atoms with Crippen molar-refractivity contribution in [2.75, 3.05) is 19.1 Å². The molecule has 2 amide bonds. The fourth-order valence-electron chi connectivity index (χ4n) is 3.68. The van der Waals surface area contributed by atoms with Crippen molar-refractivity contribution in [2.45, 2.75) is 49.3 Å². The quantitative estimate of drug-likeness (QED) is 0.244. The average Bonchev–Trinajstić information content (AvgIpc) is 3.39. The molecule has 31 heavy (non-hydrogen) atoms. The van der Waals surface area contributed by atoms with E-state index in [9.17, 15) is 14.0 Å². The zero-order chi connectivity index (χ0) is 23.0. The minimum absolute atomic E-state index is 0.00797. The van der Waals surface area contributed by atoms with Gasteiger partial charge in [0.2, 0.25) is 5.91 Å². The van der Waals surface area contributed by atoms with Crippen molar-refractivity contribution in [3.8, 4) is 0 Å². The number of nitrogens with two attached hydrogens (primary N) is 2. The lowest BCUT2D eigenvalue weighted by atomic mass is 9.85. The number of nitrogens with zero attached hydrogens (tertiary/aromatic N) is 1. The number of carbonyl (C=O) groups is 2. The van der Waals surface area contributed by atoms with E-state index in [-0.39, 0.29) is 23.4 Å². The van der Waals surface area contributed by atoms with E-state index in [1.807, 2.05) is 0 Å². The summed E-state index contributed by atoms with van der Waals surface area (Å²) in [5, 5.41) is 2.46. The molecule has 0 bridgehead atoms. The van der Waals surface area contributed by atoms with Crippen molar-refractivity contribution in [3.63, 3.8) is 0 Å². The van der Waals surface area contributed by atoms with Gasteiger partial charge >= 0.3 is 6.09 Å². The number of hydrogen-bond acceptors (Lipinski definition) is 7. The van der Waals surface area contributed by atoms with Crippen LogP contribution in [0, 0.1) is 11.7 Å². The number of rotatable bonds is 7. The highest BCUT2D eigenvalue weighted by molar-refractivity contribution is 8.15.